The second kappa shape index (κ2) is 10.8. The van der Waals surface area contributed by atoms with Crippen molar-refractivity contribution in [2.24, 2.45) is 0 Å². The standard InChI is InChI=1S/C29H33N5O/c1-33-15-17-34(18-16-33)21-24-9-11-25(12-10-24)29(35)32-19-23-6-4-22(5-7-23)8-13-26-20-31-28-27(26)3-2-14-30-28/h2-7,9-12,14,20H,8,13,15-19,21H2,1H3,(H,30,31)(H,32,35). The van der Waals surface area contributed by atoms with E-state index in [4.69, 9.17) is 0 Å². The van der Waals surface area contributed by atoms with Crippen molar-refractivity contribution in [2.75, 3.05) is 33.2 Å². The molecule has 5 rings (SSSR count). The van der Waals surface area contributed by atoms with Gasteiger partial charge < -0.3 is 15.2 Å². The Morgan fingerprint density at radius 2 is 1.63 bits per heavy atom. The van der Waals surface area contributed by atoms with Gasteiger partial charge in [-0.2, -0.15) is 0 Å². The van der Waals surface area contributed by atoms with Crippen molar-refractivity contribution in [1.82, 2.24) is 25.1 Å². The lowest BCUT2D eigenvalue weighted by Gasteiger charge is -2.32. The van der Waals surface area contributed by atoms with Crippen LogP contribution in [0.5, 0.6) is 0 Å². The van der Waals surface area contributed by atoms with Gasteiger partial charge in [-0.25, -0.2) is 4.98 Å². The third-order valence-corrected chi connectivity index (χ3v) is 6.91. The van der Waals surface area contributed by atoms with Crippen molar-refractivity contribution in [3.63, 3.8) is 0 Å². The Hall–Kier alpha value is -3.48. The SMILES string of the molecule is CN1CCN(Cc2ccc(C(=O)NCc3ccc(CCc4c[nH]c5ncccc45)cc3)cc2)CC1. The molecule has 3 heterocycles. The molecule has 6 heteroatoms. The van der Waals surface area contributed by atoms with Crippen LogP contribution in [0.1, 0.15) is 32.6 Å². The number of carbonyl (C=O) groups is 1. The second-order valence-electron chi connectivity index (χ2n) is 9.49. The highest BCUT2D eigenvalue weighted by atomic mass is 16.1. The Morgan fingerprint density at radius 1 is 0.914 bits per heavy atom. The van der Waals surface area contributed by atoms with E-state index in [9.17, 15) is 4.79 Å². The van der Waals surface area contributed by atoms with E-state index in [-0.39, 0.29) is 5.91 Å². The molecule has 1 aliphatic heterocycles. The lowest BCUT2D eigenvalue weighted by Crippen LogP contribution is -2.43. The van der Waals surface area contributed by atoms with E-state index in [1.54, 1.807) is 0 Å². The number of hydrogen-bond acceptors (Lipinski definition) is 4. The van der Waals surface area contributed by atoms with Crippen molar-refractivity contribution in [3.8, 4) is 0 Å². The highest BCUT2D eigenvalue weighted by Crippen LogP contribution is 2.18. The number of likely N-dealkylation sites (N-methyl/N-ethyl adjacent to an activating group) is 1. The van der Waals surface area contributed by atoms with Gasteiger partial charge >= 0.3 is 0 Å². The molecule has 0 saturated carbocycles. The molecule has 0 bridgehead atoms. The molecule has 4 aromatic rings. The molecular formula is C29H33N5O. The maximum Gasteiger partial charge on any atom is 0.251 e. The number of aromatic amines is 1. The fourth-order valence-corrected chi connectivity index (χ4v) is 4.63. The van der Waals surface area contributed by atoms with E-state index in [1.165, 1.54) is 22.1 Å². The summed E-state index contributed by atoms with van der Waals surface area (Å²) in [7, 11) is 2.17. The van der Waals surface area contributed by atoms with Crippen molar-refractivity contribution >= 4 is 16.9 Å². The molecule has 0 atom stereocenters. The van der Waals surface area contributed by atoms with Gasteiger partial charge in [0.2, 0.25) is 0 Å². The monoisotopic (exact) mass is 467 g/mol. The number of nitrogens with zero attached hydrogens (tertiary/aromatic N) is 3. The smallest absolute Gasteiger partial charge is 0.251 e. The summed E-state index contributed by atoms with van der Waals surface area (Å²) in [6.45, 7) is 5.89. The third-order valence-electron chi connectivity index (χ3n) is 6.91. The van der Waals surface area contributed by atoms with Crippen LogP contribution in [0.3, 0.4) is 0 Å². The van der Waals surface area contributed by atoms with E-state index in [0.717, 1.165) is 56.8 Å². The number of pyridine rings is 1. The molecule has 1 saturated heterocycles. The van der Waals surface area contributed by atoms with Gasteiger partial charge in [0.1, 0.15) is 5.65 Å². The first-order valence-electron chi connectivity index (χ1n) is 12.4. The topological polar surface area (TPSA) is 64.3 Å². The molecule has 0 spiro atoms. The van der Waals surface area contributed by atoms with Gasteiger partial charge in [-0.1, -0.05) is 36.4 Å². The highest BCUT2D eigenvalue weighted by Gasteiger charge is 2.14. The number of fused-ring (bicyclic) bond motifs is 1. The van der Waals surface area contributed by atoms with E-state index in [2.05, 4.69) is 80.8 Å². The predicted molar refractivity (Wildman–Crippen MR) is 140 cm³/mol. The summed E-state index contributed by atoms with van der Waals surface area (Å²) >= 11 is 0. The van der Waals surface area contributed by atoms with Crippen LogP contribution in [0.2, 0.25) is 0 Å². The number of aryl methyl sites for hydroxylation is 2. The summed E-state index contributed by atoms with van der Waals surface area (Å²) in [6, 6.07) is 20.6. The number of carbonyl (C=O) groups excluding carboxylic acids is 1. The molecule has 2 aromatic heterocycles. The Labute approximate surface area is 207 Å². The Balaban J connectivity index is 1.09. The van der Waals surface area contributed by atoms with Crippen LogP contribution in [-0.4, -0.2) is 58.9 Å². The van der Waals surface area contributed by atoms with Crippen molar-refractivity contribution < 1.29 is 4.79 Å². The Kier molecular flexibility index (Phi) is 7.21. The largest absolute Gasteiger partial charge is 0.348 e. The normalized spacial score (nSPS) is 14.9. The average Bonchev–Trinajstić information content (AvgIpc) is 3.31. The lowest BCUT2D eigenvalue weighted by molar-refractivity contribution is 0.0951. The van der Waals surface area contributed by atoms with E-state index < -0.39 is 0 Å². The quantitative estimate of drug-likeness (QED) is 0.411. The molecule has 0 unspecified atom stereocenters. The van der Waals surface area contributed by atoms with Crippen LogP contribution in [0.4, 0.5) is 0 Å². The zero-order valence-corrected chi connectivity index (χ0v) is 20.3. The summed E-state index contributed by atoms with van der Waals surface area (Å²) < 4.78 is 0. The number of aromatic nitrogens is 2. The lowest BCUT2D eigenvalue weighted by atomic mass is 10.0. The molecule has 1 fully saturated rings. The van der Waals surface area contributed by atoms with Crippen LogP contribution in [0.15, 0.2) is 73.1 Å². The maximum absolute atomic E-state index is 12.6. The summed E-state index contributed by atoms with van der Waals surface area (Å²) in [4.78, 5) is 25.1. The number of piperazine rings is 1. The van der Waals surface area contributed by atoms with Crippen LogP contribution in [0, 0.1) is 0 Å². The minimum Gasteiger partial charge on any atom is -0.348 e. The number of nitrogens with one attached hydrogen (secondary N) is 2. The zero-order valence-electron chi connectivity index (χ0n) is 20.3. The Morgan fingerprint density at radius 3 is 2.40 bits per heavy atom. The molecule has 1 amide bonds. The van der Waals surface area contributed by atoms with Crippen molar-refractivity contribution in [1.29, 1.82) is 0 Å². The van der Waals surface area contributed by atoms with E-state index in [0.29, 0.717) is 12.1 Å². The van der Waals surface area contributed by atoms with Gasteiger partial charge in [0, 0.05) is 62.6 Å². The predicted octanol–water partition coefficient (Wildman–Crippen LogP) is 4.03. The van der Waals surface area contributed by atoms with Gasteiger partial charge in [-0.05, 0) is 66.4 Å². The molecule has 35 heavy (non-hydrogen) atoms. The number of hydrogen-bond donors (Lipinski definition) is 2. The summed E-state index contributed by atoms with van der Waals surface area (Å²) in [5.74, 6) is -0.0341. The highest BCUT2D eigenvalue weighted by molar-refractivity contribution is 5.94. The molecule has 2 N–H and O–H groups in total. The minimum atomic E-state index is -0.0341. The summed E-state index contributed by atoms with van der Waals surface area (Å²) in [5.41, 5.74) is 6.58. The first kappa shape index (κ1) is 23.3. The Bertz CT molecular complexity index is 1250. The number of H-pyrrole nitrogens is 1. The van der Waals surface area contributed by atoms with Crippen LogP contribution in [0.25, 0.3) is 11.0 Å². The van der Waals surface area contributed by atoms with E-state index >= 15 is 0 Å². The molecule has 180 valence electrons. The van der Waals surface area contributed by atoms with Gasteiger partial charge in [-0.3, -0.25) is 9.69 Å². The molecule has 0 radical (unpaired) electrons. The maximum atomic E-state index is 12.6. The van der Waals surface area contributed by atoms with Crippen molar-refractivity contribution in [3.05, 3.63) is 101 Å². The number of rotatable bonds is 8. The minimum absolute atomic E-state index is 0.0341. The van der Waals surface area contributed by atoms with Crippen LogP contribution in [-0.2, 0) is 25.9 Å². The summed E-state index contributed by atoms with van der Waals surface area (Å²) in [6.07, 6.45) is 5.80. The van der Waals surface area contributed by atoms with Crippen molar-refractivity contribution in [2.45, 2.75) is 25.9 Å². The second-order valence-corrected chi connectivity index (χ2v) is 9.49. The zero-order chi connectivity index (χ0) is 24.0. The first-order valence-corrected chi connectivity index (χ1v) is 12.4. The van der Waals surface area contributed by atoms with Gasteiger partial charge in [0.25, 0.3) is 5.91 Å². The van der Waals surface area contributed by atoms with Crippen LogP contribution >= 0.6 is 0 Å². The van der Waals surface area contributed by atoms with Gasteiger partial charge in [0.15, 0.2) is 0 Å². The van der Waals surface area contributed by atoms with Crippen LogP contribution < -0.4 is 5.32 Å². The molecule has 1 aliphatic rings. The third kappa shape index (κ3) is 5.96. The molecular weight excluding hydrogens is 434 g/mol. The molecule has 2 aromatic carbocycles. The van der Waals surface area contributed by atoms with Gasteiger partial charge in [0.05, 0.1) is 0 Å². The first-order chi connectivity index (χ1) is 17.1. The number of amides is 1. The fraction of sp³-hybridized carbons (Fsp3) is 0.310. The summed E-state index contributed by atoms with van der Waals surface area (Å²) in [5, 5.41) is 4.24. The van der Waals surface area contributed by atoms with Gasteiger partial charge in [-0.15, -0.1) is 0 Å². The van der Waals surface area contributed by atoms with E-state index in [1.807, 2.05) is 24.4 Å². The number of benzene rings is 2. The molecule has 6 nitrogen and oxygen atoms in total. The average molecular weight is 468 g/mol. The molecule has 0 aliphatic carbocycles. The fourth-order valence-electron chi connectivity index (χ4n) is 4.63.